The third-order valence-electron chi connectivity index (χ3n) is 6.06. The zero-order chi connectivity index (χ0) is 22.3. The van der Waals surface area contributed by atoms with Gasteiger partial charge in [0.15, 0.2) is 0 Å². The highest BCUT2D eigenvalue weighted by molar-refractivity contribution is 5.89. The predicted octanol–water partition coefficient (Wildman–Crippen LogP) is 2.42. The van der Waals surface area contributed by atoms with Crippen LogP contribution in [0.25, 0.3) is 11.0 Å². The van der Waals surface area contributed by atoms with Crippen LogP contribution in [-0.2, 0) is 0 Å². The van der Waals surface area contributed by atoms with E-state index in [1.165, 1.54) is 31.2 Å². The molecule has 0 amide bonds. The highest BCUT2D eigenvalue weighted by Gasteiger charge is 2.33. The highest BCUT2D eigenvalue weighted by atomic mass is 19.1. The molecule has 0 radical (unpaired) electrons. The molecular formula is C23H24FNO6. The van der Waals surface area contributed by atoms with Crippen molar-refractivity contribution in [2.45, 2.75) is 25.4 Å². The molecule has 3 aromatic rings. The zero-order valence-electron chi connectivity index (χ0n) is 16.9. The molecule has 1 fully saturated rings. The Kier molecular flexibility index (Phi) is 5.70. The number of phenolic OH excluding ortho intramolecular Hbond substituents is 2. The minimum atomic E-state index is -1.39. The van der Waals surface area contributed by atoms with Gasteiger partial charge in [-0.1, -0.05) is 12.1 Å². The van der Waals surface area contributed by atoms with Crippen LogP contribution in [0.2, 0.25) is 0 Å². The molecule has 31 heavy (non-hydrogen) atoms. The number of rotatable bonds is 4. The largest absolute Gasteiger partial charge is 0.507 e. The first-order valence-electron chi connectivity index (χ1n) is 10.1. The van der Waals surface area contributed by atoms with Crippen LogP contribution in [0.5, 0.6) is 11.5 Å². The number of hydrogen-bond acceptors (Lipinski definition) is 7. The number of aliphatic hydroxyl groups excluding tert-OH is 2. The molecule has 3 unspecified atom stereocenters. The van der Waals surface area contributed by atoms with E-state index in [0.717, 1.165) is 6.07 Å². The van der Waals surface area contributed by atoms with E-state index in [2.05, 4.69) is 5.32 Å². The Morgan fingerprint density at radius 3 is 2.61 bits per heavy atom. The van der Waals surface area contributed by atoms with Gasteiger partial charge in [0.05, 0.1) is 5.56 Å². The van der Waals surface area contributed by atoms with Crippen molar-refractivity contribution in [3.8, 4) is 11.5 Å². The fourth-order valence-electron chi connectivity index (χ4n) is 4.46. The summed E-state index contributed by atoms with van der Waals surface area (Å²) in [6, 6.07) is 6.18. The Hall–Kier alpha value is -2.94. The van der Waals surface area contributed by atoms with E-state index in [0.29, 0.717) is 30.6 Å². The minimum absolute atomic E-state index is 0.0420. The maximum absolute atomic E-state index is 13.4. The number of aromatic hydroxyl groups is 2. The summed E-state index contributed by atoms with van der Waals surface area (Å²) in [6.07, 6.45) is -0.788. The molecule has 0 aliphatic carbocycles. The lowest BCUT2D eigenvalue weighted by Gasteiger charge is -2.32. The van der Waals surface area contributed by atoms with Crippen molar-refractivity contribution in [1.29, 1.82) is 0 Å². The van der Waals surface area contributed by atoms with Crippen molar-refractivity contribution < 1.29 is 29.2 Å². The monoisotopic (exact) mass is 429 g/mol. The molecule has 3 atom stereocenters. The van der Waals surface area contributed by atoms with E-state index >= 15 is 0 Å². The van der Waals surface area contributed by atoms with E-state index in [4.69, 9.17) is 4.42 Å². The summed E-state index contributed by atoms with van der Waals surface area (Å²) >= 11 is 0. The van der Waals surface area contributed by atoms with Gasteiger partial charge in [0, 0.05) is 30.7 Å². The van der Waals surface area contributed by atoms with Crippen LogP contribution < -0.4 is 10.7 Å². The van der Waals surface area contributed by atoms with Crippen LogP contribution in [0.15, 0.2) is 39.5 Å². The second kappa shape index (κ2) is 8.30. The van der Waals surface area contributed by atoms with Crippen LogP contribution in [0.1, 0.15) is 40.9 Å². The number of halogens is 1. The SMILES string of the molecule is Cc1oc2c(C3CCNCC3CO)c(O)cc(O)c2c(=O)c1C(O)c1ccc(F)cc1. The summed E-state index contributed by atoms with van der Waals surface area (Å²) in [5.74, 6) is -1.53. The first-order valence-corrected chi connectivity index (χ1v) is 10.1. The molecule has 8 heteroatoms. The number of piperidine rings is 1. The lowest BCUT2D eigenvalue weighted by atomic mass is 9.80. The van der Waals surface area contributed by atoms with Crippen LogP contribution in [0.3, 0.4) is 0 Å². The summed E-state index contributed by atoms with van der Waals surface area (Å²) < 4.78 is 19.2. The fraction of sp³-hybridized carbons (Fsp3) is 0.348. The summed E-state index contributed by atoms with van der Waals surface area (Å²) in [7, 11) is 0. The number of aryl methyl sites for hydroxylation is 1. The van der Waals surface area contributed by atoms with Crippen molar-refractivity contribution in [2.75, 3.05) is 19.7 Å². The summed E-state index contributed by atoms with van der Waals surface area (Å²) in [4.78, 5) is 13.4. The Balaban J connectivity index is 1.94. The van der Waals surface area contributed by atoms with Gasteiger partial charge in [-0.2, -0.15) is 0 Å². The second-order valence-corrected chi connectivity index (χ2v) is 7.93. The molecule has 2 heterocycles. The molecule has 1 aliphatic rings. The van der Waals surface area contributed by atoms with Crippen molar-refractivity contribution in [3.63, 3.8) is 0 Å². The van der Waals surface area contributed by atoms with Crippen molar-refractivity contribution in [2.24, 2.45) is 5.92 Å². The predicted molar refractivity (Wildman–Crippen MR) is 112 cm³/mol. The van der Waals surface area contributed by atoms with Crippen molar-refractivity contribution in [3.05, 3.63) is 68.8 Å². The van der Waals surface area contributed by atoms with Gasteiger partial charge in [-0.05, 0) is 43.5 Å². The number of aliphatic hydroxyl groups is 2. The molecule has 1 saturated heterocycles. The van der Waals surface area contributed by atoms with Gasteiger partial charge in [-0.25, -0.2) is 4.39 Å². The number of hydrogen-bond donors (Lipinski definition) is 5. The van der Waals surface area contributed by atoms with E-state index in [-0.39, 0.29) is 46.5 Å². The number of nitrogens with one attached hydrogen (secondary N) is 1. The summed E-state index contributed by atoms with van der Waals surface area (Å²) in [6.45, 7) is 2.59. The third-order valence-corrected chi connectivity index (χ3v) is 6.06. The number of phenols is 2. The van der Waals surface area contributed by atoms with Crippen LogP contribution in [-0.4, -0.2) is 40.1 Å². The van der Waals surface area contributed by atoms with E-state index in [1.807, 2.05) is 0 Å². The van der Waals surface area contributed by atoms with Gasteiger partial charge in [-0.15, -0.1) is 0 Å². The fourth-order valence-corrected chi connectivity index (χ4v) is 4.46. The van der Waals surface area contributed by atoms with Gasteiger partial charge in [0.25, 0.3) is 0 Å². The van der Waals surface area contributed by atoms with Gasteiger partial charge in [0.1, 0.15) is 40.1 Å². The Labute approximate surface area is 177 Å². The highest BCUT2D eigenvalue weighted by Crippen LogP contribution is 2.43. The Morgan fingerprint density at radius 2 is 1.94 bits per heavy atom. The molecule has 1 aliphatic heterocycles. The molecule has 0 saturated carbocycles. The maximum atomic E-state index is 13.4. The lowest BCUT2D eigenvalue weighted by Crippen LogP contribution is -2.37. The normalized spacial score (nSPS) is 20.1. The molecule has 5 N–H and O–H groups in total. The van der Waals surface area contributed by atoms with Crippen molar-refractivity contribution in [1.82, 2.24) is 5.32 Å². The molecule has 0 spiro atoms. The van der Waals surface area contributed by atoms with Crippen LogP contribution in [0, 0.1) is 18.7 Å². The van der Waals surface area contributed by atoms with E-state index in [9.17, 15) is 29.6 Å². The van der Waals surface area contributed by atoms with Crippen LogP contribution >= 0.6 is 0 Å². The Bertz CT molecular complexity index is 1170. The number of benzene rings is 2. The minimum Gasteiger partial charge on any atom is -0.507 e. The molecule has 7 nitrogen and oxygen atoms in total. The molecular weight excluding hydrogens is 405 g/mol. The lowest BCUT2D eigenvalue weighted by molar-refractivity contribution is 0.178. The number of fused-ring (bicyclic) bond motifs is 1. The average Bonchev–Trinajstić information content (AvgIpc) is 2.74. The smallest absolute Gasteiger partial charge is 0.202 e. The van der Waals surface area contributed by atoms with Gasteiger partial charge in [-0.3, -0.25) is 4.79 Å². The van der Waals surface area contributed by atoms with Gasteiger partial charge in [0.2, 0.25) is 5.43 Å². The van der Waals surface area contributed by atoms with Crippen LogP contribution in [0.4, 0.5) is 4.39 Å². The quantitative estimate of drug-likeness (QED) is 0.432. The Morgan fingerprint density at radius 1 is 1.23 bits per heavy atom. The average molecular weight is 429 g/mol. The topological polar surface area (TPSA) is 123 Å². The molecule has 164 valence electrons. The van der Waals surface area contributed by atoms with E-state index in [1.54, 1.807) is 0 Å². The first kappa shape index (κ1) is 21.3. The van der Waals surface area contributed by atoms with E-state index < -0.39 is 23.1 Å². The van der Waals surface area contributed by atoms with Crippen molar-refractivity contribution >= 4 is 11.0 Å². The summed E-state index contributed by atoms with van der Waals surface area (Å²) in [5, 5.41) is 44.7. The van der Waals surface area contributed by atoms with Gasteiger partial charge < -0.3 is 30.2 Å². The standard InChI is InChI=1S/C23H24FNO6/c1-11-18(21(29)12-2-4-14(24)5-3-12)22(30)20-17(28)8-16(27)19(23(20)31-11)15-6-7-25-9-13(15)10-26/h2-5,8,13,15,21,25-29H,6-7,9-10H2,1H3. The molecule has 2 aromatic carbocycles. The third kappa shape index (κ3) is 3.67. The first-order chi connectivity index (χ1) is 14.8. The molecule has 4 rings (SSSR count). The zero-order valence-corrected chi connectivity index (χ0v) is 16.9. The maximum Gasteiger partial charge on any atom is 0.202 e. The molecule has 0 bridgehead atoms. The molecule has 1 aromatic heterocycles. The second-order valence-electron chi connectivity index (χ2n) is 7.93. The van der Waals surface area contributed by atoms with Gasteiger partial charge >= 0.3 is 0 Å². The summed E-state index contributed by atoms with van der Waals surface area (Å²) in [5.41, 5.74) is -0.0102.